The highest BCUT2D eigenvalue weighted by molar-refractivity contribution is 7.12. The number of ether oxygens (including phenoxy) is 1. The van der Waals surface area contributed by atoms with Crippen molar-refractivity contribution in [1.82, 2.24) is 4.90 Å². The molecule has 0 spiro atoms. The summed E-state index contributed by atoms with van der Waals surface area (Å²) in [5.41, 5.74) is 1.08. The van der Waals surface area contributed by atoms with Crippen LogP contribution in [0.25, 0.3) is 0 Å². The third-order valence-corrected chi connectivity index (χ3v) is 5.54. The number of benzene rings is 1. The molecule has 1 aromatic heterocycles. The molecule has 2 N–H and O–H groups in total. The number of hydrogen-bond donors (Lipinski definition) is 2. The second-order valence-corrected chi connectivity index (χ2v) is 7.47. The Labute approximate surface area is 160 Å². The van der Waals surface area contributed by atoms with Gasteiger partial charge in [0.25, 0.3) is 11.8 Å². The molecular formula is C19H19N3O4S. The van der Waals surface area contributed by atoms with Crippen molar-refractivity contribution < 1.29 is 19.1 Å². The summed E-state index contributed by atoms with van der Waals surface area (Å²) in [5, 5.41) is 7.45. The SMILES string of the molecule is O=C1COc2ccc(NC(=O)C3CCCCN3C(=O)c3cccs3)cc2N1. The summed E-state index contributed by atoms with van der Waals surface area (Å²) in [6.07, 6.45) is 2.43. The van der Waals surface area contributed by atoms with Crippen molar-refractivity contribution in [2.45, 2.75) is 25.3 Å². The van der Waals surface area contributed by atoms with Gasteiger partial charge < -0.3 is 20.3 Å². The third kappa shape index (κ3) is 3.66. The van der Waals surface area contributed by atoms with Gasteiger partial charge in [0.05, 0.1) is 10.6 Å². The summed E-state index contributed by atoms with van der Waals surface area (Å²) in [7, 11) is 0. The average Bonchev–Trinajstić information content (AvgIpc) is 3.22. The van der Waals surface area contributed by atoms with Crippen LogP contribution in [0.4, 0.5) is 11.4 Å². The second-order valence-electron chi connectivity index (χ2n) is 6.52. The number of hydrogen-bond acceptors (Lipinski definition) is 5. The monoisotopic (exact) mass is 385 g/mol. The minimum Gasteiger partial charge on any atom is -0.482 e. The molecule has 2 aliphatic rings. The van der Waals surface area contributed by atoms with E-state index in [4.69, 9.17) is 4.74 Å². The van der Waals surface area contributed by atoms with Crippen molar-refractivity contribution in [2.24, 2.45) is 0 Å². The second kappa shape index (κ2) is 7.40. The van der Waals surface area contributed by atoms with E-state index in [0.717, 1.165) is 12.8 Å². The van der Waals surface area contributed by atoms with E-state index in [0.29, 0.717) is 35.0 Å². The maximum Gasteiger partial charge on any atom is 0.264 e. The maximum atomic E-state index is 12.9. The van der Waals surface area contributed by atoms with Crippen LogP contribution >= 0.6 is 11.3 Å². The summed E-state index contributed by atoms with van der Waals surface area (Å²) in [6.45, 7) is 0.559. The fourth-order valence-electron chi connectivity index (χ4n) is 3.38. The predicted molar refractivity (Wildman–Crippen MR) is 102 cm³/mol. The van der Waals surface area contributed by atoms with Crippen molar-refractivity contribution in [3.8, 4) is 5.75 Å². The smallest absolute Gasteiger partial charge is 0.264 e. The van der Waals surface area contributed by atoms with Gasteiger partial charge in [-0.1, -0.05) is 6.07 Å². The Morgan fingerprint density at radius 2 is 2.15 bits per heavy atom. The molecule has 0 radical (unpaired) electrons. The number of carbonyl (C=O) groups is 3. The Morgan fingerprint density at radius 1 is 1.26 bits per heavy atom. The highest BCUT2D eigenvalue weighted by Crippen LogP contribution is 2.31. The minimum atomic E-state index is -0.504. The topological polar surface area (TPSA) is 87.7 Å². The largest absolute Gasteiger partial charge is 0.482 e. The number of amides is 3. The van der Waals surface area contributed by atoms with Gasteiger partial charge in [0.15, 0.2) is 6.61 Å². The standard InChI is InChI=1S/C19H19N3O4S/c23-17-11-26-15-7-6-12(10-13(15)21-17)20-18(24)14-4-1-2-8-22(14)19(25)16-5-3-9-27-16/h3,5-7,9-10,14H,1-2,4,8,11H2,(H,20,24)(H,21,23). The maximum absolute atomic E-state index is 12.9. The third-order valence-electron chi connectivity index (χ3n) is 4.68. The van der Waals surface area contributed by atoms with Crippen LogP contribution in [0, 0.1) is 0 Å². The molecule has 4 rings (SSSR count). The Hall–Kier alpha value is -2.87. The van der Waals surface area contributed by atoms with Gasteiger partial charge in [0.1, 0.15) is 11.8 Å². The van der Waals surface area contributed by atoms with Gasteiger partial charge in [-0.3, -0.25) is 14.4 Å². The van der Waals surface area contributed by atoms with Gasteiger partial charge in [-0.05, 0) is 48.9 Å². The molecule has 27 heavy (non-hydrogen) atoms. The van der Waals surface area contributed by atoms with Gasteiger partial charge in [-0.2, -0.15) is 0 Å². The zero-order chi connectivity index (χ0) is 18.8. The Kier molecular flexibility index (Phi) is 4.81. The molecule has 0 saturated carbocycles. The first-order chi connectivity index (χ1) is 13.1. The van der Waals surface area contributed by atoms with Crippen LogP contribution in [-0.4, -0.2) is 41.8 Å². The predicted octanol–water partition coefficient (Wildman–Crippen LogP) is 2.71. The molecule has 1 saturated heterocycles. The molecule has 140 valence electrons. The summed E-state index contributed by atoms with van der Waals surface area (Å²) < 4.78 is 5.33. The molecule has 7 nitrogen and oxygen atoms in total. The van der Waals surface area contributed by atoms with E-state index in [-0.39, 0.29) is 24.3 Å². The highest BCUT2D eigenvalue weighted by Gasteiger charge is 2.33. The van der Waals surface area contributed by atoms with Crippen molar-refractivity contribution in [1.29, 1.82) is 0 Å². The zero-order valence-electron chi connectivity index (χ0n) is 14.6. The van der Waals surface area contributed by atoms with Gasteiger partial charge in [0.2, 0.25) is 5.91 Å². The highest BCUT2D eigenvalue weighted by atomic mass is 32.1. The van der Waals surface area contributed by atoms with E-state index in [1.54, 1.807) is 29.2 Å². The van der Waals surface area contributed by atoms with Crippen LogP contribution in [0.5, 0.6) is 5.75 Å². The lowest BCUT2D eigenvalue weighted by molar-refractivity contribution is -0.121. The number of fused-ring (bicyclic) bond motifs is 1. The molecule has 3 amide bonds. The van der Waals surface area contributed by atoms with Crippen LogP contribution in [0.3, 0.4) is 0 Å². The number of carbonyl (C=O) groups excluding carboxylic acids is 3. The van der Waals surface area contributed by atoms with E-state index in [1.165, 1.54) is 11.3 Å². The van der Waals surface area contributed by atoms with Gasteiger partial charge in [0, 0.05) is 12.2 Å². The molecule has 2 aliphatic heterocycles. The lowest BCUT2D eigenvalue weighted by Gasteiger charge is -2.34. The zero-order valence-corrected chi connectivity index (χ0v) is 15.4. The molecule has 3 heterocycles. The van der Waals surface area contributed by atoms with Crippen molar-refractivity contribution >= 4 is 40.4 Å². The molecular weight excluding hydrogens is 366 g/mol. The first kappa shape index (κ1) is 17.5. The average molecular weight is 385 g/mol. The van der Waals surface area contributed by atoms with Crippen molar-refractivity contribution in [3.63, 3.8) is 0 Å². The number of nitrogens with zero attached hydrogens (tertiary/aromatic N) is 1. The number of thiophene rings is 1. The molecule has 2 aromatic rings. The Balaban J connectivity index is 1.50. The molecule has 0 aliphatic carbocycles. The first-order valence-electron chi connectivity index (χ1n) is 8.84. The molecule has 1 fully saturated rings. The number of anilines is 2. The van der Waals surface area contributed by atoms with Gasteiger partial charge >= 0.3 is 0 Å². The number of rotatable bonds is 3. The van der Waals surface area contributed by atoms with E-state index >= 15 is 0 Å². The fraction of sp³-hybridized carbons (Fsp3) is 0.316. The summed E-state index contributed by atoms with van der Waals surface area (Å²) >= 11 is 1.38. The molecule has 1 atom stereocenters. The van der Waals surface area contributed by atoms with Crippen LogP contribution < -0.4 is 15.4 Å². The summed E-state index contributed by atoms with van der Waals surface area (Å²) in [4.78, 5) is 39.4. The molecule has 1 aromatic carbocycles. The Bertz CT molecular complexity index is 881. The normalized spacial score (nSPS) is 18.9. The number of likely N-dealkylation sites (tertiary alicyclic amines) is 1. The van der Waals surface area contributed by atoms with E-state index in [2.05, 4.69) is 10.6 Å². The number of nitrogens with one attached hydrogen (secondary N) is 2. The van der Waals surface area contributed by atoms with Crippen molar-refractivity contribution in [2.75, 3.05) is 23.8 Å². The lowest BCUT2D eigenvalue weighted by Crippen LogP contribution is -2.49. The van der Waals surface area contributed by atoms with Crippen molar-refractivity contribution in [3.05, 3.63) is 40.6 Å². The van der Waals surface area contributed by atoms with Gasteiger partial charge in [-0.15, -0.1) is 11.3 Å². The van der Waals surface area contributed by atoms with E-state index in [9.17, 15) is 14.4 Å². The van der Waals surface area contributed by atoms with Crippen LogP contribution in [0.1, 0.15) is 28.9 Å². The van der Waals surface area contributed by atoms with E-state index < -0.39 is 6.04 Å². The minimum absolute atomic E-state index is 0.0133. The first-order valence-corrected chi connectivity index (χ1v) is 9.72. The Morgan fingerprint density at radius 3 is 2.96 bits per heavy atom. The number of piperidine rings is 1. The summed E-state index contributed by atoms with van der Waals surface area (Å²) in [6, 6.07) is 8.21. The fourth-order valence-corrected chi connectivity index (χ4v) is 4.05. The van der Waals surface area contributed by atoms with Crippen LogP contribution in [0.2, 0.25) is 0 Å². The molecule has 1 unspecified atom stereocenters. The van der Waals surface area contributed by atoms with E-state index in [1.807, 2.05) is 11.4 Å². The summed E-state index contributed by atoms with van der Waals surface area (Å²) in [5.74, 6) is 0.0179. The quantitative estimate of drug-likeness (QED) is 0.850. The van der Waals surface area contributed by atoms with Crippen LogP contribution in [0.15, 0.2) is 35.7 Å². The van der Waals surface area contributed by atoms with Crippen LogP contribution in [-0.2, 0) is 9.59 Å². The molecule has 0 bridgehead atoms. The lowest BCUT2D eigenvalue weighted by atomic mass is 10.0. The molecule has 8 heteroatoms. The van der Waals surface area contributed by atoms with Gasteiger partial charge in [-0.25, -0.2) is 0 Å².